The van der Waals surface area contributed by atoms with Crippen LogP contribution in [0.5, 0.6) is 0 Å². The van der Waals surface area contributed by atoms with Crippen molar-refractivity contribution < 1.29 is 75.1 Å². The zero-order chi connectivity index (χ0) is 27.4. The van der Waals surface area contributed by atoms with Gasteiger partial charge in [-0.25, -0.2) is 52.7 Å². The number of rotatable bonds is 4. The Morgan fingerprint density at radius 3 is 0.658 bits per heavy atom. The Hall–Kier alpha value is -2.69. The van der Waals surface area contributed by atoms with E-state index in [9.17, 15) is 35.1 Å². The van der Waals surface area contributed by atoms with Gasteiger partial charge in [0.2, 0.25) is 0 Å². The van der Waals surface area contributed by atoms with E-state index in [0.717, 1.165) is 0 Å². The maximum absolute atomic E-state index is 15.3. The zero-order valence-electron chi connectivity index (χ0n) is 18.0. The van der Waals surface area contributed by atoms with Crippen LogP contribution in [-0.2, 0) is 22.4 Å². The Morgan fingerprint density at radius 2 is 0.474 bits per heavy atom. The largest absolute Gasteiger partial charge is 1.00 e. The smallest absolute Gasteiger partial charge is 0.208 e. The van der Waals surface area contributed by atoms with Crippen LogP contribution in [0.3, 0.4) is 0 Å². The SMILES string of the molecule is Fc1cc[c]([Al-]([c]2ccc(F)c(F)c2F)([c]2ccc(F)c(F)c2F)[c]2ccc(F)c(F)c2F)c(F)c1F.[Ag+]. The second-order valence-electron chi connectivity index (χ2n) is 7.92. The zero-order valence-corrected chi connectivity index (χ0v) is 20.7. The molecule has 4 aromatic carbocycles. The third kappa shape index (κ3) is 4.36. The fourth-order valence-corrected chi connectivity index (χ4v) is 10.1. The summed E-state index contributed by atoms with van der Waals surface area (Å²) in [5.74, 6) is -25.5. The van der Waals surface area contributed by atoms with Gasteiger partial charge in [-0.1, -0.05) is 24.3 Å². The van der Waals surface area contributed by atoms with E-state index >= 15 is 17.6 Å². The molecule has 0 saturated heterocycles. The Labute approximate surface area is 223 Å². The van der Waals surface area contributed by atoms with Gasteiger partial charge in [0.15, 0.2) is 46.5 Å². The summed E-state index contributed by atoms with van der Waals surface area (Å²) in [5.41, 5.74) is 0. The fraction of sp³-hybridized carbons (Fsp3) is 0. The van der Waals surface area contributed by atoms with E-state index in [2.05, 4.69) is 0 Å². The molecule has 4 aromatic rings. The van der Waals surface area contributed by atoms with Crippen molar-refractivity contribution in [2.24, 2.45) is 0 Å². The summed E-state index contributed by atoms with van der Waals surface area (Å²) in [6, 6.07) is 2.26. The van der Waals surface area contributed by atoms with Crippen LogP contribution >= 0.6 is 0 Å². The molecule has 0 aliphatic carbocycles. The first-order chi connectivity index (χ1) is 17.3. The predicted octanol–water partition coefficient (Wildman–Crippen LogP) is 4.73. The minimum atomic E-state index is -6.27. The number of halogens is 12. The quantitative estimate of drug-likeness (QED) is 0.169. The van der Waals surface area contributed by atoms with Gasteiger partial charge >= 0.3 is 22.4 Å². The van der Waals surface area contributed by atoms with Crippen molar-refractivity contribution >= 4 is 30.8 Å². The minimum absolute atomic E-state index is 0. The normalized spacial score (nSPS) is 11.5. The van der Waals surface area contributed by atoms with Crippen molar-refractivity contribution in [3.63, 3.8) is 0 Å². The van der Waals surface area contributed by atoms with Gasteiger partial charge in [0.25, 0.3) is 13.1 Å². The van der Waals surface area contributed by atoms with Crippen LogP contribution < -0.4 is 17.7 Å². The average molecular weight is 659 g/mol. The molecule has 0 fully saturated rings. The summed E-state index contributed by atoms with van der Waals surface area (Å²) in [6.45, 7) is 0. The topological polar surface area (TPSA) is 0 Å². The molecule has 0 saturated carbocycles. The van der Waals surface area contributed by atoms with Crippen molar-refractivity contribution in [1.29, 1.82) is 0 Å². The number of hydrogen-bond acceptors (Lipinski definition) is 0. The van der Waals surface area contributed by atoms with Crippen LogP contribution in [0.2, 0.25) is 0 Å². The van der Waals surface area contributed by atoms with Gasteiger partial charge in [0.05, 0.1) is 0 Å². The molecule has 0 heterocycles. The van der Waals surface area contributed by atoms with E-state index in [1.54, 1.807) is 0 Å². The summed E-state index contributed by atoms with van der Waals surface area (Å²) >= 11 is -6.27. The van der Waals surface area contributed by atoms with Gasteiger partial charge in [0.1, 0.15) is 23.3 Å². The average Bonchev–Trinajstić information content (AvgIpc) is 2.86. The molecular weight excluding hydrogens is 651 g/mol. The van der Waals surface area contributed by atoms with Gasteiger partial charge in [-0.3, -0.25) is 0 Å². The fourth-order valence-electron chi connectivity index (χ4n) is 4.51. The van der Waals surface area contributed by atoms with Crippen LogP contribution in [-0.4, -0.2) is 13.1 Å². The van der Waals surface area contributed by atoms with Crippen molar-refractivity contribution in [3.8, 4) is 0 Å². The van der Waals surface area contributed by atoms with Gasteiger partial charge in [-0.2, -0.15) is 17.7 Å². The van der Waals surface area contributed by atoms with E-state index in [-0.39, 0.29) is 46.6 Å². The molecule has 0 amide bonds. The molecule has 0 nitrogen and oxygen atoms in total. The first-order valence-corrected chi connectivity index (χ1v) is 12.4. The molecule has 38 heavy (non-hydrogen) atoms. The van der Waals surface area contributed by atoms with E-state index in [1.807, 2.05) is 0 Å². The van der Waals surface area contributed by atoms with E-state index in [4.69, 9.17) is 0 Å². The molecule has 0 aromatic heterocycles. The Bertz CT molecular complexity index is 1340. The van der Waals surface area contributed by atoms with Crippen molar-refractivity contribution in [3.05, 3.63) is 118 Å². The maximum atomic E-state index is 15.3. The Balaban J connectivity index is 0.00000400. The summed E-state index contributed by atoms with van der Waals surface area (Å²) in [7, 11) is 0. The van der Waals surface area contributed by atoms with Crippen LogP contribution in [0.4, 0.5) is 52.7 Å². The third-order valence-electron chi connectivity index (χ3n) is 6.13. The van der Waals surface area contributed by atoms with Gasteiger partial charge in [0, 0.05) is 0 Å². The Morgan fingerprint density at radius 1 is 0.289 bits per heavy atom. The van der Waals surface area contributed by atoms with Crippen molar-refractivity contribution in [2.75, 3.05) is 0 Å². The molecular formula is C24H8AgAlF12. The van der Waals surface area contributed by atoms with E-state index < -0.39 is 101 Å². The van der Waals surface area contributed by atoms with Crippen molar-refractivity contribution in [2.45, 2.75) is 0 Å². The summed E-state index contributed by atoms with van der Waals surface area (Å²) in [5, 5.41) is 0. The minimum Gasteiger partial charge on any atom is -0.208 e. The van der Waals surface area contributed by atoms with Crippen LogP contribution in [0.1, 0.15) is 0 Å². The van der Waals surface area contributed by atoms with Crippen molar-refractivity contribution in [1.82, 2.24) is 0 Å². The molecule has 0 radical (unpaired) electrons. The van der Waals surface area contributed by atoms with Crippen LogP contribution in [0, 0.1) is 69.8 Å². The summed E-state index contributed by atoms with van der Waals surface area (Å²) in [4.78, 5) is 0. The maximum Gasteiger partial charge on any atom is 1.00 e. The second kappa shape index (κ2) is 10.8. The molecule has 0 atom stereocenters. The first kappa shape index (κ1) is 29.9. The van der Waals surface area contributed by atoms with Crippen LogP contribution in [0.25, 0.3) is 0 Å². The van der Waals surface area contributed by atoms with E-state index in [1.165, 1.54) is 0 Å². The standard InChI is InChI=1S/4C6H2F3.Ag.Al/c4*7-4-2-1-3-5(8)6(4)9;;/h4*1-2H;;/q;;;;+1;-1. The molecule has 202 valence electrons. The summed E-state index contributed by atoms with van der Waals surface area (Å²) in [6.07, 6.45) is 0. The predicted molar refractivity (Wildman–Crippen MR) is 110 cm³/mol. The molecule has 0 aliphatic heterocycles. The van der Waals surface area contributed by atoms with Gasteiger partial charge in [-0.15, -0.1) is 0 Å². The van der Waals surface area contributed by atoms with Crippen LogP contribution in [0.15, 0.2) is 48.5 Å². The summed E-state index contributed by atoms with van der Waals surface area (Å²) < 4.78 is 169. The second-order valence-corrected chi connectivity index (χ2v) is 12.1. The van der Waals surface area contributed by atoms with Gasteiger partial charge < -0.3 is 0 Å². The van der Waals surface area contributed by atoms with E-state index in [0.29, 0.717) is 24.3 Å². The number of hydrogen-bond donors (Lipinski definition) is 0. The van der Waals surface area contributed by atoms with Gasteiger partial charge in [-0.05, 0) is 24.3 Å². The molecule has 4 rings (SSSR count). The molecule has 0 N–H and O–H groups in total. The Kier molecular flexibility index (Phi) is 8.51. The molecule has 0 spiro atoms. The number of benzene rings is 4. The monoisotopic (exact) mass is 658 g/mol. The molecule has 0 bridgehead atoms. The third-order valence-corrected chi connectivity index (χ3v) is 11.6. The molecule has 14 heteroatoms. The molecule has 0 unspecified atom stereocenters. The molecule has 0 aliphatic rings. The first-order valence-electron chi connectivity index (χ1n) is 10.1.